The lowest BCUT2D eigenvalue weighted by molar-refractivity contribution is -0.384. The lowest BCUT2D eigenvalue weighted by atomic mass is 10.2. The molecule has 0 atom stereocenters. The van der Waals surface area contributed by atoms with Crippen LogP contribution in [0.5, 0.6) is 0 Å². The molecule has 0 radical (unpaired) electrons. The number of aryl methyl sites for hydroxylation is 1. The van der Waals surface area contributed by atoms with Crippen LogP contribution >= 0.6 is 11.6 Å². The van der Waals surface area contributed by atoms with Crippen LogP contribution in [0, 0.1) is 10.1 Å². The summed E-state index contributed by atoms with van der Waals surface area (Å²) in [6.07, 6.45) is 2.08. The lowest BCUT2D eigenvalue weighted by Gasteiger charge is -2.05. The Bertz CT molecular complexity index is 685. The van der Waals surface area contributed by atoms with Crippen molar-refractivity contribution in [3.63, 3.8) is 0 Å². The summed E-state index contributed by atoms with van der Waals surface area (Å²) >= 11 is 5.69. The number of benzene rings is 1. The summed E-state index contributed by atoms with van der Waals surface area (Å²) < 4.78 is 1.75. The first-order valence-electron chi connectivity index (χ1n) is 6.04. The molecule has 110 valence electrons. The second-order valence-electron chi connectivity index (χ2n) is 4.29. The Morgan fingerprint density at radius 3 is 2.90 bits per heavy atom. The molecule has 1 N–H and O–H groups in total. The number of halogens is 1. The van der Waals surface area contributed by atoms with Crippen LogP contribution in [0.25, 0.3) is 0 Å². The third-order valence-corrected chi connectivity index (χ3v) is 3.16. The number of rotatable bonds is 5. The Balaban J connectivity index is 1.99. The van der Waals surface area contributed by atoms with Crippen molar-refractivity contribution in [3.8, 4) is 0 Å². The van der Waals surface area contributed by atoms with E-state index in [1.54, 1.807) is 17.9 Å². The fraction of sp³-hybridized carbons (Fsp3) is 0.250. The zero-order valence-corrected chi connectivity index (χ0v) is 11.9. The van der Waals surface area contributed by atoms with Gasteiger partial charge in [-0.2, -0.15) is 0 Å². The quantitative estimate of drug-likeness (QED) is 0.663. The van der Waals surface area contributed by atoms with Gasteiger partial charge in [0.25, 0.3) is 11.6 Å². The smallest absolute Gasteiger partial charge is 0.288 e. The molecule has 0 unspecified atom stereocenters. The zero-order valence-electron chi connectivity index (χ0n) is 11.1. The van der Waals surface area contributed by atoms with E-state index in [9.17, 15) is 14.9 Å². The minimum atomic E-state index is -0.626. The Morgan fingerprint density at radius 1 is 1.52 bits per heavy atom. The predicted molar refractivity (Wildman–Crippen MR) is 75.1 cm³/mol. The van der Waals surface area contributed by atoms with Gasteiger partial charge < -0.3 is 9.88 Å². The van der Waals surface area contributed by atoms with Gasteiger partial charge in [0.1, 0.15) is 17.2 Å². The van der Waals surface area contributed by atoms with Crippen LogP contribution in [0.15, 0.2) is 24.5 Å². The van der Waals surface area contributed by atoms with Gasteiger partial charge in [0.05, 0.1) is 4.92 Å². The molecule has 0 aliphatic rings. The van der Waals surface area contributed by atoms with Crippen molar-refractivity contribution in [2.24, 2.45) is 7.05 Å². The largest absolute Gasteiger partial charge is 0.352 e. The first-order valence-corrected chi connectivity index (χ1v) is 6.42. The predicted octanol–water partition coefficient (Wildman–Crippen LogP) is 1.35. The number of aromatic nitrogens is 3. The third kappa shape index (κ3) is 3.54. The maximum atomic E-state index is 11.9. The van der Waals surface area contributed by atoms with Crippen LogP contribution in [0.1, 0.15) is 16.2 Å². The summed E-state index contributed by atoms with van der Waals surface area (Å²) in [6, 6.07) is 3.92. The van der Waals surface area contributed by atoms with E-state index in [1.165, 1.54) is 12.1 Å². The van der Waals surface area contributed by atoms with E-state index < -0.39 is 10.8 Å². The highest BCUT2D eigenvalue weighted by Gasteiger charge is 2.16. The number of hydrogen-bond donors (Lipinski definition) is 1. The fourth-order valence-corrected chi connectivity index (χ4v) is 1.90. The van der Waals surface area contributed by atoms with Crippen molar-refractivity contribution in [2.75, 3.05) is 6.54 Å². The number of nitrogens with zero attached hydrogens (tertiary/aromatic N) is 4. The number of nitro groups is 1. The summed E-state index contributed by atoms with van der Waals surface area (Å²) in [5, 5.41) is 21.1. The van der Waals surface area contributed by atoms with Gasteiger partial charge in [0.2, 0.25) is 0 Å². The minimum Gasteiger partial charge on any atom is -0.352 e. The summed E-state index contributed by atoms with van der Waals surface area (Å²) in [4.78, 5) is 22.1. The van der Waals surface area contributed by atoms with Crippen LogP contribution in [-0.2, 0) is 13.5 Å². The maximum absolute atomic E-state index is 11.9. The SMILES string of the molecule is Cn1cnnc1CCNC(=O)c1ccc(Cl)c([N+](=O)[O-])c1. The Hall–Kier alpha value is -2.48. The maximum Gasteiger partial charge on any atom is 0.288 e. The highest BCUT2D eigenvalue weighted by atomic mass is 35.5. The van der Waals surface area contributed by atoms with Crippen molar-refractivity contribution < 1.29 is 9.72 Å². The first kappa shape index (κ1) is 14.9. The van der Waals surface area contributed by atoms with Gasteiger partial charge in [-0.3, -0.25) is 14.9 Å². The van der Waals surface area contributed by atoms with E-state index in [0.29, 0.717) is 13.0 Å². The molecule has 1 amide bonds. The Morgan fingerprint density at radius 2 is 2.29 bits per heavy atom. The van der Waals surface area contributed by atoms with Crippen molar-refractivity contribution in [1.29, 1.82) is 0 Å². The molecule has 21 heavy (non-hydrogen) atoms. The molecule has 9 heteroatoms. The summed E-state index contributed by atoms with van der Waals surface area (Å²) in [7, 11) is 1.81. The van der Waals surface area contributed by atoms with E-state index in [1.807, 2.05) is 0 Å². The number of nitro benzene ring substituents is 1. The minimum absolute atomic E-state index is 0.00404. The molecular formula is C12H12ClN5O3. The average molecular weight is 310 g/mol. The molecule has 0 fully saturated rings. The normalized spacial score (nSPS) is 10.4. The molecule has 0 aliphatic heterocycles. The van der Waals surface area contributed by atoms with Crippen molar-refractivity contribution >= 4 is 23.2 Å². The van der Waals surface area contributed by atoms with E-state index in [-0.39, 0.29) is 16.3 Å². The second kappa shape index (κ2) is 6.31. The van der Waals surface area contributed by atoms with Crippen LogP contribution < -0.4 is 5.32 Å². The van der Waals surface area contributed by atoms with Gasteiger partial charge in [0, 0.05) is 31.6 Å². The van der Waals surface area contributed by atoms with E-state index in [4.69, 9.17) is 11.6 Å². The number of carbonyl (C=O) groups excluding carboxylic acids is 1. The highest BCUT2D eigenvalue weighted by Crippen LogP contribution is 2.24. The molecule has 0 saturated heterocycles. The molecule has 0 aliphatic carbocycles. The monoisotopic (exact) mass is 309 g/mol. The highest BCUT2D eigenvalue weighted by molar-refractivity contribution is 6.32. The lowest BCUT2D eigenvalue weighted by Crippen LogP contribution is -2.26. The summed E-state index contributed by atoms with van der Waals surface area (Å²) in [5.74, 6) is 0.328. The molecule has 0 saturated carbocycles. The number of nitrogens with one attached hydrogen (secondary N) is 1. The fourth-order valence-electron chi connectivity index (χ4n) is 1.72. The number of hydrogen-bond acceptors (Lipinski definition) is 5. The number of carbonyl (C=O) groups is 1. The Labute approximate surface area is 124 Å². The standard InChI is InChI=1S/C12H12ClN5O3/c1-17-7-15-16-11(17)4-5-14-12(19)8-2-3-9(13)10(6-8)18(20)21/h2-3,6-7H,4-5H2,1H3,(H,14,19). The van der Waals surface area contributed by atoms with Gasteiger partial charge in [-0.15, -0.1) is 10.2 Å². The van der Waals surface area contributed by atoms with Gasteiger partial charge in [0.15, 0.2) is 0 Å². The van der Waals surface area contributed by atoms with E-state index in [0.717, 1.165) is 11.9 Å². The van der Waals surface area contributed by atoms with Crippen molar-refractivity contribution in [3.05, 3.63) is 51.1 Å². The first-order chi connectivity index (χ1) is 9.99. The zero-order chi connectivity index (χ0) is 15.4. The topological polar surface area (TPSA) is 103 Å². The molecular weight excluding hydrogens is 298 g/mol. The summed E-state index contributed by atoms with van der Waals surface area (Å²) in [5.41, 5.74) is -0.110. The molecule has 1 heterocycles. The molecule has 1 aromatic carbocycles. The van der Waals surface area contributed by atoms with Crippen LogP contribution in [-0.4, -0.2) is 32.1 Å². The molecule has 8 nitrogen and oxygen atoms in total. The number of amides is 1. The van der Waals surface area contributed by atoms with E-state index >= 15 is 0 Å². The molecule has 1 aromatic heterocycles. The van der Waals surface area contributed by atoms with Crippen LogP contribution in [0.3, 0.4) is 0 Å². The van der Waals surface area contributed by atoms with Gasteiger partial charge >= 0.3 is 0 Å². The van der Waals surface area contributed by atoms with Crippen LogP contribution in [0.4, 0.5) is 5.69 Å². The Kier molecular flexibility index (Phi) is 4.49. The third-order valence-electron chi connectivity index (χ3n) is 2.84. The average Bonchev–Trinajstić information content (AvgIpc) is 2.84. The molecule has 0 bridgehead atoms. The van der Waals surface area contributed by atoms with E-state index in [2.05, 4.69) is 15.5 Å². The van der Waals surface area contributed by atoms with Gasteiger partial charge in [-0.25, -0.2) is 0 Å². The molecule has 0 spiro atoms. The van der Waals surface area contributed by atoms with Crippen LogP contribution in [0.2, 0.25) is 5.02 Å². The van der Waals surface area contributed by atoms with Gasteiger partial charge in [-0.05, 0) is 12.1 Å². The van der Waals surface area contributed by atoms with Gasteiger partial charge in [-0.1, -0.05) is 11.6 Å². The van der Waals surface area contributed by atoms with Crippen molar-refractivity contribution in [1.82, 2.24) is 20.1 Å². The molecule has 2 aromatic rings. The summed E-state index contributed by atoms with van der Waals surface area (Å²) in [6.45, 7) is 0.349. The molecule has 2 rings (SSSR count). The second-order valence-corrected chi connectivity index (χ2v) is 4.69. The van der Waals surface area contributed by atoms with Crippen molar-refractivity contribution in [2.45, 2.75) is 6.42 Å².